The first kappa shape index (κ1) is 9.17. The average molecular weight is 144 g/mol. The Morgan fingerprint density at radius 1 is 1.70 bits per heavy atom. The van der Waals surface area contributed by atoms with Gasteiger partial charge in [0.05, 0.1) is 12.5 Å². The molecule has 1 unspecified atom stereocenters. The summed E-state index contributed by atoms with van der Waals surface area (Å²) < 4.78 is 0. The molecule has 0 aliphatic carbocycles. The van der Waals surface area contributed by atoms with Crippen molar-refractivity contribution in [2.24, 2.45) is 0 Å². The molecule has 0 fully saturated rings. The van der Waals surface area contributed by atoms with Gasteiger partial charge >= 0.3 is 5.97 Å². The molecule has 0 aliphatic heterocycles. The number of carboxylic acid groups (broad SMARTS) is 1. The first-order valence-electron chi connectivity index (χ1n) is 3.17. The van der Waals surface area contributed by atoms with E-state index in [0.29, 0.717) is 6.42 Å². The summed E-state index contributed by atoms with van der Waals surface area (Å²) in [5, 5.41) is 17.1. The van der Waals surface area contributed by atoms with Crippen molar-refractivity contribution in [3.8, 4) is 0 Å². The van der Waals surface area contributed by atoms with Crippen molar-refractivity contribution in [2.45, 2.75) is 25.9 Å². The molecule has 0 aromatic heterocycles. The summed E-state index contributed by atoms with van der Waals surface area (Å²) in [4.78, 5) is 9.99. The highest BCUT2D eigenvalue weighted by atomic mass is 16.4. The SMILES string of the molecule is CC=CCC(O)CC(=O)O. The monoisotopic (exact) mass is 144 g/mol. The maximum Gasteiger partial charge on any atom is 0.305 e. The lowest BCUT2D eigenvalue weighted by Crippen LogP contribution is -2.11. The zero-order valence-electron chi connectivity index (χ0n) is 5.95. The minimum atomic E-state index is -0.961. The predicted molar refractivity (Wildman–Crippen MR) is 37.7 cm³/mol. The van der Waals surface area contributed by atoms with Gasteiger partial charge in [0.1, 0.15) is 0 Å². The van der Waals surface area contributed by atoms with Crippen molar-refractivity contribution in [1.82, 2.24) is 0 Å². The molecular formula is C7H12O3. The van der Waals surface area contributed by atoms with Gasteiger partial charge in [-0.1, -0.05) is 12.2 Å². The van der Waals surface area contributed by atoms with E-state index in [2.05, 4.69) is 0 Å². The highest BCUT2D eigenvalue weighted by molar-refractivity contribution is 5.67. The third kappa shape index (κ3) is 5.31. The molecule has 58 valence electrons. The number of hydrogen-bond donors (Lipinski definition) is 2. The predicted octanol–water partition coefficient (Wildman–Crippen LogP) is 0.788. The van der Waals surface area contributed by atoms with Crippen molar-refractivity contribution in [1.29, 1.82) is 0 Å². The Morgan fingerprint density at radius 2 is 2.30 bits per heavy atom. The van der Waals surface area contributed by atoms with Crippen molar-refractivity contribution in [2.75, 3.05) is 0 Å². The summed E-state index contributed by atoms with van der Waals surface area (Å²) in [6.45, 7) is 1.83. The van der Waals surface area contributed by atoms with Gasteiger partial charge < -0.3 is 10.2 Å². The molecule has 1 atom stereocenters. The third-order valence-electron chi connectivity index (χ3n) is 1.05. The number of aliphatic hydroxyl groups excluding tert-OH is 1. The van der Waals surface area contributed by atoms with Crippen LogP contribution in [0.25, 0.3) is 0 Å². The van der Waals surface area contributed by atoms with E-state index in [1.54, 1.807) is 12.2 Å². The molecular weight excluding hydrogens is 132 g/mol. The van der Waals surface area contributed by atoms with Crippen LogP contribution in [-0.4, -0.2) is 22.3 Å². The topological polar surface area (TPSA) is 57.5 Å². The van der Waals surface area contributed by atoms with Crippen LogP contribution in [0.4, 0.5) is 0 Å². The fraction of sp³-hybridized carbons (Fsp3) is 0.571. The molecule has 0 radical (unpaired) electrons. The number of aliphatic hydroxyl groups is 1. The van der Waals surface area contributed by atoms with Crippen LogP contribution in [-0.2, 0) is 4.79 Å². The normalized spacial score (nSPS) is 13.8. The second kappa shape index (κ2) is 4.99. The fourth-order valence-electron chi connectivity index (χ4n) is 0.578. The lowest BCUT2D eigenvalue weighted by molar-refractivity contribution is -0.139. The molecule has 0 amide bonds. The van der Waals surface area contributed by atoms with Crippen molar-refractivity contribution in [3.63, 3.8) is 0 Å². The number of hydrogen-bond acceptors (Lipinski definition) is 2. The molecule has 0 heterocycles. The number of carbonyl (C=O) groups is 1. The van der Waals surface area contributed by atoms with Crippen molar-refractivity contribution in [3.05, 3.63) is 12.2 Å². The summed E-state index contributed by atoms with van der Waals surface area (Å²) >= 11 is 0. The van der Waals surface area contributed by atoms with Crippen LogP contribution >= 0.6 is 0 Å². The van der Waals surface area contributed by atoms with Crippen LogP contribution in [0.15, 0.2) is 12.2 Å². The van der Waals surface area contributed by atoms with Gasteiger partial charge in [-0.05, 0) is 13.3 Å². The van der Waals surface area contributed by atoms with Crippen molar-refractivity contribution < 1.29 is 15.0 Å². The maximum atomic E-state index is 9.99. The largest absolute Gasteiger partial charge is 0.481 e. The van der Waals surface area contributed by atoms with Gasteiger partial charge in [-0.15, -0.1) is 0 Å². The Bertz CT molecular complexity index is 129. The third-order valence-corrected chi connectivity index (χ3v) is 1.05. The zero-order valence-corrected chi connectivity index (χ0v) is 5.95. The van der Waals surface area contributed by atoms with E-state index in [1.807, 2.05) is 6.92 Å². The zero-order chi connectivity index (χ0) is 7.98. The van der Waals surface area contributed by atoms with Crippen LogP contribution in [0, 0.1) is 0 Å². The Balaban J connectivity index is 3.43. The lowest BCUT2D eigenvalue weighted by atomic mass is 10.2. The van der Waals surface area contributed by atoms with E-state index in [1.165, 1.54) is 0 Å². The second-order valence-corrected chi connectivity index (χ2v) is 2.06. The number of carboxylic acids is 1. The Morgan fingerprint density at radius 3 is 2.70 bits per heavy atom. The van der Waals surface area contributed by atoms with E-state index in [4.69, 9.17) is 10.2 Å². The van der Waals surface area contributed by atoms with Gasteiger partial charge in [0, 0.05) is 0 Å². The number of aliphatic carboxylic acids is 1. The molecule has 3 nitrogen and oxygen atoms in total. The van der Waals surface area contributed by atoms with Crippen LogP contribution in [0.2, 0.25) is 0 Å². The van der Waals surface area contributed by atoms with E-state index in [9.17, 15) is 4.79 Å². The average Bonchev–Trinajstić information content (AvgIpc) is 1.82. The maximum absolute atomic E-state index is 9.99. The standard InChI is InChI=1S/C7H12O3/c1-2-3-4-6(8)5-7(9)10/h2-3,6,8H,4-5H2,1H3,(H,9,10). The minimum absolute atomic E-state index is 0.176. The van der Waals surface area contributed by atoms with Crippen LogP contribution < -0.4 is 0 Å². The summed E-state index contributed by atoms with van der Waals surface area (Å²) in [6.07, 6.45) is 3.03. The van der Waals surface area contributed by atoms with E-state index < -0.39 is 12.1 Å². The molecule has 0 aliphatic rings. The minimum Gasteiger partial charge on any atom is -0.481 e. The molecule has 10 heavy (non-hydrogen) atoms. The molecule has 0 bridgehead atoms. The van der Waals surface area contributed by atoms with Gasteiger partial charge in [-0.2, -0.15) is 0 Å². The quantitative estimate of drug-likeness (QED) is 0.573. The highest BCUT2D eigenvalue weighted by Gasteiger charge is 2.05. The summed E-state index contributed by atoms with van der Waals surface area (Å²) in [5.41, 5.74) is 0. The molecule has 2 N–H and O–H groups in total. The molecule has 0 saturated heterocycles. The van der Waals surface area contributed by atoms with Crippen LogP contribution in [0.3, 0.4) is 0 Å². The van der Waals surface area contributed by atoms with Gasteiger partial charge in [0.2, 0.25) is 0 Å². The van der Waals surface area contributed by atoms with E-state index in [-0.39, 0.29) is 6.42 Å². The number of rotatable bonds is 4. The molecule has 0 aromatic carbocycles. The summed E-state index contributed by atoms with van der Waals surface area (Å²) in [6, 6.07) is 0. The fourth-order valence-corrected chi connectivity index (χ4v) is 0.578. The van der Waals surface area contributed by atoms with Gasteiger partial charge in [-0.3, -0.25) is 4.79 Å². The van der Waals surface area contributed by atoms with Gasteiger partial charge in [-0.25, -0.2) is 0 Å². The molecule has 0 rings (SSSR count). The Hall–Kier alpha value is -0.830. The van der Waals surface area contributed by atoms with Crippen LogP contribution in [0.5, 0.6) is 0 Å². The first-order valence-corrected chi connectivity index (χ1v) is 3.17. The highest BCUT2D eigenvalue weighted by Crippen LogP contribution is 1.97. The number of allylic oxidation sites excluding steroid dienone is 1. The first-order chi connectivity index (χ1) is 4.66. The second-order valence-electron chi connectivity index (χ2n) is 2.06. The summed E-state index contributed by atoms with van der Waals surface area (Å²) in [7, 11) is 0. The van der Waals surface area contributed by atoms with Crippen molar-refractivity contribution >= 4 is 5.97 Å². The van der Waals surface area contributed by atoms with Crippen LogP contribution in [0.1, 0.15) is 19.8 Å². The molecule has 0 aromatic rings. The smallest absolute Gasteiger partial charge is 0.305 e. The Kier molecular flexibility index (Phi) is 4.58. The summed E-state index contributed by atoms with van der Waals surface area (Å²) in [5.74, 6) is -0.961. The van der Waals surface area contributed by atoms with E-state index >= 15 is 0 Å². The van der Waals surface area contributed by atoms with Gasteiger partial charge in [0.25, 0.3) is 0 Å². The van der Waals surface area contributed by atoms with E-state index in [0.717, 1.165) is 0 Å². The molecule has 0 spiro atoms. The molecule has 0 saturated carbocycles. The molecule has 3 heteroatoms. The lowest BCUT2D eigenvalue weighted by Gasteiger charge is -2.01. The Labute approximate surface area is 60.0 Å². The van der Waals surface area contributed by atoms with Gasteiger partial charge in [0.15, 0.2) is 0 Å².